The molecule has 0 atom stereocenters. The molecule has 0 bridgehead atoms. The number of Topliss-reactive ketones (excluding diaryl/α,β-unsaturated/α-hetero) is 1. The molecule has 10 aromatic rings. The average Bonchev–Trinajstić information content (AvgIpc) is 0.927. The number of amides is 4. The van der Waals surface area contributed by atoms with Crippen LogP contribution in [0.4, 0.5) is 5.69 Å². The van der Waals surface area contributed by atoms with Gasteiger partial charge in [0.2, 0.25) is 5.91 Å². The highest BCUT2D eigenvalue weighted by molar-refractivity contribution is 6.32. The number of benzene rings is 8. The molecule has 6 heterocycles. The number of nitrogens with one attached hydrogen (secondary N) is 1. The number of halogens is 1. The summed E-state index contributed by atoms with van der Waals surface area (Å²) in [5.74, 6) is -1.95. The topological polar surface area (TPSA) is 425 Å². The summed E-state index contributed by atoms with van der Waals surface area (Å²) in [6, 6.07) is 37.2. The van der Waals surface area contributed by atoms with Crippen molar-refractivity contribution in [1.29, 1.82) is 0 Å². The summed E-state index contributed by atoms with van der Waals surface area (Å²) in [4.78, 5) is 93.8. The zero-order chi connectivity index (χ0) is 97.8. The number of amidine groups is 1. The molecule has 3 fully saturated rings. The Morgan fingerprint density at radius 1 is 0.566 bits per heavy atom. The van der Waals surface area contributed by atoms with Crippen LogP contribution in [0.5, 0.6) is 57.5 Å². The maximum atomic E-state index is 13.8. The van der Waals surface area contributed by atoms with E-state index in [2.05, 4.69) is 35.3 Å². The van der Waals surface area contributed by atoms with Gasteiger partial charge >= 0.3 is 0 Å². The van der Waals surface area contributed by atoms with Gasteiger partial charge in [-0.15, -0.1) is 0 Å². The lowest BCUT2D eigenvalue weighted by Crippen LogP contribution is -2.38. The number of aliphatic imine (C=N–C) groups is 1. The number of hydrogen-bond donors (Lipinski definition) is 9. The number of para-hydroxylation sites is 1. The quantitative estimate of drug-likeness (QED) is 0.0165. The largest absolute Gasteiger partial charge is 0.508 e. The molecule has 0 radical (unpaired) electrons. The Hall–Kier alpha value is -13.0. The van der Waals surface area contributed by atoms with Crippen molar-refractivity contribution in [3.63, 3.8) is 0 Å². The van der Waals surface area contributed by atoms with Crippen molar-refractivity contribution < 1.29 is 112 Å². The molecule has 136 heavy (non-hydrogen) atoms. The average molecular weight is 1890 g/mol. The smallest absolute Gasteiger partial charge is 0.274 e. The van der Waals surface area contributed by atoms with E-state index in [9.17, 15) is 69.6 Å². The number of unbranched alkanes of at least 4 members (excludes halogenated alkanes) is 1. The van der Waals surface area contributed by atoms with E-state index in [4.69, 9.17) is 53.8 Å². The molecule has 9 N–H and O–H groups in total. The van der Waals surface area contributed by atoms with Crippen molar-refractivity contribution in [2.45, 2.75) is 106 Å². The number of anilines is 1. The highest BCUT2D eigenvalue weighted by Gasteiger charge is 2.35. The second-order valence-electron chi connectivity index (χ2n) is 33.3. The molecule has 0 aliphatic carbocycles. The molecule has 34 heteroatoms. The molecule has 14 rings (SSSR count). The first-order chi connectivity index (χ1) is 65.5. The number of rotatable bonds is 36. The van der Waals surface area contributed by atoms with Crippen LogP contribution in [0.2, 0.25) is 5.02 Å². The fourth-order valence-electron chi connectivity index (χ4n) is 16.1. The molecule has 2 aromatic heterocycles. The van der Waals surface area contributed by atoms with Gasteiger partial charge < -0.3 is 98.2 Å². The molecule has 4 amide bonds. The lowest BCUT2D eigenvalue weighted by atomic mass is 9.89. The Morgan fingerprint density at radius 3 is 1.66 bits per heavy atom. The van der Waals surface area contributed by atoms with E-state index in [1.165, 1.54) is 40.7 Å². The number of morpholine rings is 3. The third-order valence-corrected chi connectivity index (χ3v) is 23.9. The number of carbonyl (C=O) groups excluding carboxylic acids is 6. The molecule has 33 nitrogen and oxygen atoms in total. The highest BCUT2D eigenvalue weighted by atomic mass is 35.5. The minimum atomic E-state index is -0.501. The summed E-state index contributed by atoms with van der Waals surface area (Å²) in [6.45, 7) is 28.1. The van der Waals surface area contributed by atoms with Crippen molar-refractivity contribution in [3.8, 4) is 102 Å². The lowest BCUT2D eigenvalue weighted by Gasteiger charge is -2.26. The fraction of sp³-hybridized carbons (Fsp3) is 0.402. The second-order valence-corrected chi connectivity index (χ2v) is 33.7. The summed E-state index contributed by atoms with van der Waals surface area (Å²) in [7, 11) is 6.25. The zero-order valence-corrected chi connectivity index (χ0v) is 79.6. The predicted octanol–water partition coefficient (Wildman–Crippen LogP) is 14.4. The first-order valence-corrected chi connectivity index (χ1v) is 46.0. The number of phenols is 8. The Labute approximate surface area is 796 Å². The van der Waals surface area contributed by atoms with Gasteiger partial charge in [-0.05, 0) is 126 Å². The molecule has 4 aliphatic heterocycles. The molecule has 3 saturated heterocycles. The molecule has 8 aromatic carbocycles. The number of aromatic nitrogens is 2. The van der Waals surface area contributed by atoms with Gasteiger partial charge in [0, 0.05) is 143 Å². The SMILES string of the molecule is CCCC(=O)c1noc(-c2cc(C(C)C)c(O)cc2O)c1-c1ccc(CN2CCOCC2)cc1.CCCCN(C)C(=O)c1cc(C2=NCC(=O)N2c2ccccc2C)c(O)cc1O.CCNC(=O)c1noc(-c2cc(Cl)c(O)cc2O)c1-c1ccc(CN2CCOCC2)cc1.CCc1c(O)cc(O)c(C(=O)c2ccc(OCCN3CCOCC3)c(OC)c2)c1CC(=O)N(CCOC)CCOC. The molecule has 726 valence electrons. The standard InChI is InChI=1S/C30H42N2O9.C27H32N2O5.C23H24ClN3O5.C22H25N3O4/c1-5-22-23(19-28(35)32(11-13-37-2)12-14-38-3)29(25(34)20-24(22)33)30(36)21-6-7-26(27(18-21)39-4)41-17-10-31-8-15-40-16-9-31;1-4-5-22(30)26-25(19-8-6-18(7-9-19)16-29-10-12-33-13-11-29)27(34-28-26)21-14-20(17(2)3)23(31)15-24(21)32;1-2-25-23(30)21-20(22(32-26-21)16-11-17(24)19(29)12-18(16)28)15-5-3-14(4-6-15)13-27-7-9-31-10-8-27;1-4-5-10-24(3)22(29)16-11-15(18(26)12-19(16)27)21-23-13-20(28)25(21)17-9-7-6-8-14(17)2/h6-7,18,20,33-34H,5,8-17,19H2,1-4H3;6-9,14-15,17,31-32H,4-5,10-13,16H2,1-3H3;3-6,11-12,28-29H,2,7-10,13H2,1H3,(H,25,30);6-9,11-12,26-27H,4-5,10,13H2,1-3H3. The summed E-state index contributed by atoms with van der Waals surface area (Å²) in [5, 5.41) is 94.1. The Bertz CT molecular complexity index is 5800. The van der Waals surface area contributed by atoms with Crippen molar-refractivity contribution >= 4 is 58.3 Å². The first kappa shape index (κ1) is 104. The van der Waals surface area contributed by atoms with Crippen LogP contribution in [0.15, 0.2) is 147 Å². The summed E-state index contributed by atoms with van der Waals surface area (Å²) < 4.78 is 49.1. The fourth-order valence-corrected chi connectivity index (χ4v) is 16.2. The van der Waals surface area contributed by atoms with Crippen LogP contribution in [0.1, 0.15) is 159 Å². The number of nitrogens with zero attached hydrogens (tertiary/aromatic N) is 9. The van der Waals surface area contributed by atoms with Crippen LogP contribution in [0, 0.1) is 6.92 Å². The van der Waals surface area contributed by atoms with Crippen LogP contribution < -0.4 is 19.7 Å². The maximum Gasteiger partial charge on any atom is 0.274 e. The number of ketones is 2. The molecule has 0 unspecified atom stereocenters. The van der Waals surface area contributed by atoms with Gasteiger partial charge in [0.25, 0.3) is 17.7 Å². The van der Waals surface area contributed by atoms with Gasteiger partial charge in [-0.25, -0.2) is 0 Å². The number of carbonyl (C=O) groups is 6. The number of methoxy groups -OCH3 is 3. The van der Waals surface area contributed by atoms with Crippen molar-refractivity contribution in [1.82, 2.24) is 40.1 Å². The summed E-state index contributed by atoms with van der Waals surface area (Å²) >= 11 is 6.05. The summed E-state index contributed by atoms with van der Waals surface area (Å²) in [6.07, 6.45) is 2.99. The van der Waals surface area contributed by atoms with E-state index in [0.29, 0.717) is 135 Å². The normalized spacial score (nSPS) is 14.1. The molecular weight excluding hydrogens is 1770 g/mol. The Kier molecular flexibility index (Phi) is 38.1. The second kappa shape index (κ2) is 50.0. The Morgan fingerprint density at radius 2 is 1.11 bits per heavy atom. The summed E-state index contributed by atoms with van der Waals surface area (Å²) in [5.41, 5.74) is 9.20. The van der Waals surface area contributed by atoms with Crippen molar-refractivity contribution in [2.75, 3.05) is 171 Å². The minimum absolute atomic E-state index is 0.0204. The third kappa shape index (κ3) is 26.2. The molecule has 0 saturated carbocycles. The van der Waals surface area contributed by atoms with E-state index in [1.54, 1.807) is 56.5 Å². The van der Waals surface area contributed by atoms with Gasteiger partial charge in [0.05, 0.1) is 116 Å². The lowest BCUT2D eigenvalue weighted by molar-refractivity contribution is -0.131. The van der Waals surface area contributed by atoms with E-state index in [0.717, 1.165) is 133 Å². The maximum absolute atomic E-state index is 13.8. The number of aryl methyl sites for hydroxylation is 1. The number of phenolic OH excluding ortho intramolecular Hbond substituents is 8. The van der Waals surface area contributed by atoms with E-state index in [1.807, 2.05) is 115 Å². The van der Waals surface area contributed by atoms with Crippen LogP contribution >= 0.6 is 11.6 Å². The van der Waals surface area contributed by atoms with Crippen LogP contribution in [0.3, 0.4) is 0 Å². The monoisotopic (exact) mass is 1890 g/mol. The van der Waals surface area contributed by atoms with Crippen LogP contribution in [0.25, 0.3) is 44.9 Å². The van der Waals surface area contributed by atoms with Gasteiger partial charge in [-0.1, -0.05) is 130 Å². The highest BCUT2D eigenvalue weighted by Crippen LogP contribution is 2.47. The van der Waals surface area contributed by atoms with Gasteiger partial charge in [-0.2, -0.15) is 0 Å². The third-order valence-electron chi connectivity index (χ3n) is 23.6. The molecular formula is C102H123ClN10O23. The molecule has 4 aliphatic rings. The van der Waals surface area contributed by atoms with E-state index in [-0.39, 0.29) is 150 Å². The first-order valence-electron chi connectivity index (χ1n) is 45.7. The van der Waals surface area contributed by atoms with Gasteiger partial charge in [0.15, 0.2) is 46.0 Å². The number of hydrogen-bond acceptors (Lipinski definition) is 29. The van der Waals surface area contributed by atoms with Gasteiger partial charge in [0.1, 0.15) is 65.0 Å². The number of aromatic hydroxyl groups is 8. The minimum Gasteiger partial charge on any atom is -0.508 e. The van der Waals surface area contributed by atoms with Crippen LogP contribution in [-0.4, -0.2) is 283 Å². The van der Waals surface area contributed by atoms with Crippen LogP contribution in [-0.2, 0) is 59.2 Å². The Balaban J connectivity index is 0.000000175. The van der Waals surface area contributed by atoms with Crippen molar-refractivity contribution in [3.05, 3.63) is 206 Å². The van der Waals surface area contributed by atoms with E-state index < -0.39 is 11.5 Å². The predicted molar refractivity (Wildman–Crippen MR) is 514 cm³/mol. The number of ether oxygens (including phenoxy) is 7. The molecule has 0 spiro atoms. The van der Waals surface area contributed by atoms with Crippen molar-refractivity contribution in [2.24, 2.45) is 4.99 Å². The van der Waals surface area contributed by atoms with Gasteiger partial charge in [-0.3, -0.25) is 53.4 Å². The zero-order valence-electron chi connectivity index (χ0n) is 78.9. The van der Waals surface area contributed by atoms with E-state index >= 15 is 0 Å².